The highest BCUT2D eigenvalue weighted by molar-refractivity contribution is 7.03. The van der Waals surface area contributed by atoms with Crippen LogP contribution in [-0.4, -0.2) is 44.9 Å². The molecule has 0 fully saturated rings. The van der Waals surface area contributed by atoms with Crippen LogP contribution in [0.1, 0.15) is 18.1 Å². The van der Waals surface area contributed by atoms with Crippen molar-refractivity contribution in [1.82, 2.24) is 14.9 Å². The largest absolute Gasteiger partial charge is 0.433 e. The van der Waals surface area contributed by atoms with Gasteiger partial charge >= 0.3 is 6.09 Å². The van der Waals surface area contributed by atoms with Crippen LogP contribution in [0, 0.1) is 0 Å². The normalized spacial score (nSPS) is 13.7. The van der Waals surface area contributed by atoms with E-state index in [2.05, 4.69) is 14.9 Å². The van der Waals surface area contributed by atoms with Crippen molar-refractivity contribution in [2.45, 2.75) is 31.4 Å². The zero-order chi connectivity index (χ0) is 22.3. The van der Waals surface area contributed by atoms with Crippen LogP contribution >= 0.6 is 11.5 Å². The summed E-state index contributed by atoms with van der Waals surface area (Å²) < 4.78 is 9.07. The van der Waals surface area contributed by atoms with Crippen LogP contribution in [0.3, 0.4) is 0 Å². The van der Waals surface area contributed by atoms with Crippen molar-refractivity contribution in [3.8, 4) is 11.3 Å². The molecule has 2 unspecified atom stereocenters. The van der Waals surface area contributed by atoms with Gasteiger partial charge in [-0.3, -0.25) is 4.79 Å². The fourth-order valence-electron chi connectivity index (χ4n) is 3.26. The summed E-state index contributed by atoms with van der Waals surface area (Å²) in [5, 5.41) is 18.4. The molecule has 9 heteroatoms. The third-order valence-electron chi connectivity index (χ3n) is 4.84. The number of rotatable bonds is 9. The number of primary amides is 1. The van der Waals surface area contributed by atoms with Crippen molar-refractivity contribution in [3.63, 3.8) is 0 Å². The lowest BCUT2D eigenvalue weighted by atomic mass is 9.93. The minimum atomic E-state index is -1.54. The Kier molecular flexibility index (Phi) is 7.32. The topological polar surface area (TPSA) is 127 Å². The van der Waals surface area contributed by atoms with Crippen molar-refractivity contribution in [2.24, 2.45) is 5.73 Å². The molecule has 8 nitrogen and oxygen atoms in total. The summed E-state index contributed by atoms with van der Waals surface area (Å²) in [6.45, 7) is 1.24. The van der Waals surface area contributed by atoms with E-state index in [1.165, 1.54) is 18.5 Å². The lowest BCUT2D eigenvalue weighted by Crippen LogP contribution is -2.54. The van der Waals surface area contributed by atoms with Gasteiger partial charge in [-0.05, 0) is 36.0 Å². The number of aromatic nitrogens is 2. The molecule has 0 aliphatic heterocycles. The van der Waals surface area contributed by atoms with Gasteiger partial charge in [0.15, 0.2) is 5.60 Å². The van der Waals surface area contributed by atoms with E-state index < -0.39 is 23.6 Å². The van der Waals surface area contributed by atoms with E-state index in [1.54, 1.807) is 0 Å². The molecule has 0 saturated carbocycles. The smallest absolute Gasteiger partial charge is 0.405 e. The minimum absolute atomic E-state index is 0.112. The second-order valence-electron chi connectivity index (χ2n) is 7.36. The van der Waals surface area contributed by atoms with Gasteiger partial charge in [-0.1, -0.05) is 59.1 Å². The fraction of sp³-hybridized carbons (Fsp3) is 0.273. The molecule has 4 N–H and O–H groups in total. The molecule has 2 aromatic carbocycles. The predicted octanol–water partition coefficient (Wildman–Crippen LogP) is 2.32. The van der Waals surface area contributed by atoms with Gasteiger partial charge in [0, 0.05) is 17.4 Å². The number of ether oxygens (including phenoxy) is 1. The van der Waals surface area contributed by atoms with Gasteiger partial charge in [-0.2, -0.15) is 0 Å². The first kappa shape index (κ1) is 22.4. The van der Waals surface area contributed by atoms with E-state index in [-0.39, 0.29) is 13.0 Å². The Morgan fingerprint density at radius 3 is 2.45 bits per heavy atom. The maximum Gasteiger partial charge on any atom is 0.405 e. The number of nitrogens with zero attached hydrogens (tertiary/aromatic N) is 2. The Balaban J connectivity index is 1.73. The second-order valence-corrected chi connectivity index (χ2v) is 7.97. The van der Waals surface area contributed by atoms with Crippen molar-refractivity contribution < 1.29 is 19.4 Å². The van der Waals surface area contributed by atoms with Gasteiger partial charge in [-0.15, -0.1) is 5.10 Å². The zero-order valence-corrected chi connectivity index (χ0v) is 17.8. The zero-order valence-electron chi connectivity index (χ0n) is 17.0. The van der Waals surface area contributed by atoms with Crippen LogP contribution in [-0.2, 0) is 22.4 Å². The van der Waals surface area contributed by atoms with E-state index in [1.807, 2.05) is 60.0 Å². The summed E-state index contributed by atoms with van der Waals surface area (Å²) in [6, 6.07) is 16.3. The summed E-state index contributed by atoms with van der Waals surface area (Å²) >= 11 is 1.26. The van der Waals surface area contributed by atoms with E-state index in [0.717, 1.165) is 22.4 Å². The molecule has 1 heterocycles. The van der Waals surface area contributed by atoms with Crippen molar-refractivity contribution in [2.75, 3.05) is 6.61 Å². The molecule has 2 amide bonds. The summed E-state index contributed by atoms with van der Waals surface area (Å²) in [7, 11) is 0. The molecule has 31 heavy (non-hydrogen) atoms. The van der Waals surface area contributed by atoms with Crippen LogP contribution in [0.4, 0.5) is 4.79 Å². The second kappa shape index (κ2) is 10.1. The Morgan fingerprint density at radius 1 is 1.16 bits per heavy atom. The first-order valence-electron chi connectivity index (χ1n) is 9.70. The molecule has 0 bridgehead atoms. The maximum atomic E-state index is 13.0. The summed E-state index contributed by atoms with van der Waals surface area (Å²) in [6.07, 6.45) is -0.501. The number of carbonyl (C=O) groups is 2. The van der Waals surface area contributed by atoms with Gasteiger partial charge in [-0.25, -0.2) is 4.79 Å². The quantitative estimate of drug-likeness (QED) is 0.469. The van der Waals surface area contributed by atoms with Gasteiger partial charge in [0.1, 0.15) is 5.69 Å². The Bertz CT molecular complexity index is 996. The minimum Gasteiger partial charge on any atom is -0.433 e. The molecule has 3 aromatic rings. The number of benzene rings is 2. The Morgan fingerprint density at radius 2 is 1.87 bits per heavy atom. The summed E-state index contributed by atoms with van der Waals surface area (Å²) in [5.74, 6) is -0.533. The van der Waals surface area contributed by atoms with Gasteiger partial charge in [0.05, 0.1) is 12.6 Å². The number of hydrogen-bond acceptors (Lipinski definition) is 7. The van der Waals surface area contributed by atoms with Crippen molar-refractivity contribution in [1.29, 1.82) is 0 Å². The molecule has 1 aromatic heterocycles. The highest BCUT2D eigenvalue weighted by atomic mass is 32.1. The Labute approximate surface area is 184 Å². The number of nitrogens with one attached hydrogen (secondary N) is 1. The summed E-state index contributed by atoms with van der Waals surface area (Å²) in [5.41, 5.74) is 7.09. The number of carbonyl (C=O) groups excluding carboxylic acids is 2. The number of aliphatic hydroxyl groups excluding tert-OH is 1. The standard InChI is InChI=1S/C22H24N4O4S/c1-22(30-21(23)29,12-16-7-9-17(10-8-16)19-14-31-26-25-19)20(28)24-18(13-27)11-15-5-3-2-4-6-15/h2-10,14,18,27H,11-13H2,1H3,(H2,23,29)(H,24,28). The van der Waals surface area contributed by atoms with Crippen LogP contribution in [0.25, 0.3) is 11.3 Å². The first-order valence-corrected chi connectivity index (χ1v) is 10.5. The number of hydrogen-bond donors (Lipinski definition) is 3. The molecule has 0 radical (unpaired) electrons. The average Bonchev–Trinajstić information content (AvgIpc) is 3.29. The van der Waals surface area contributed by atoms with Gasteiger partial charge < -0.3 is 20.9 Å². The lowest BCUT2D eigenvalue weighted by molar-refractivity contribution is -0.139. The molecule has 0 saturated heterocycles. The molecule has 0 aliphatic rings. The molecule has 0 spiro atoms. The maximum absolute atomic E-state index is 13.0. The fourth-order valence-corrected chi connectivity index (χ4v) is 3.72. The first-order chi connectivity index (χ1) is 14.9. The lowest BCUT2D eigenvalue weighted by Gasteiger charge is -2.30. The molecule has 162 valence electrons. The number of amides is 2. The van der Waals surface area contributed by atoms with Gasteiger partial charge in [0.2, 0.25) is 0 Å². The number of aliphatic hydroxyl groups is 1. The molecular formula is C22H24N4O4S. The van der Waals surface area contributed by atoms with Crippen LogP contribution in [0.2, 0.25) is 0 Å². The van der Waals surface area contributed by atoms with E-state index in [9.17, 15) is 14.7 Å². The third kappa shape index (κ3) is 6.09. The van der Waals surface area contributed by atoms with Crippen LogP contribution < -0.4 is 11.1 Å². The highest BCUT2D eigenvalue weighted by Crippen LogP contribution is 2.23. The van der Waals surface area contributed by atoms with E-state index >= 15 is 0 Å². The van der Waals surface area contributed by atoms with E-state index in [0.29, 0.717) is 6.42 Å². The molecule has 3 rings (SSSR count). The predicted molar refractivity (Wildman–Crippen MR) is 117 cm³/mol. The molecule has 0 aliphatic carbocycles. The SMILES string of the molecule is CC(Cc1ccc(-c2csnn2)cc1)(OC(N)=O)C(=O)NC(CO)Cc1ccccc1. The monoisotopic (exact) mass is 440 g/mol. The van der Waals surface area contributed by atoms with E-state index in [4.69, 9.17) is 10.5 Å². The molecule has 2 atom stereocenters. The summed E-state index contributed by atoms with van der Waals surface area (Å²) in [4.78, 5) is 24.6. The van der Waals surface area contributed by atoms with Crippen LogP contribution in [0.5, 0.6) is 0 Å². The van der Waals surface area contributed by atoms with Crippen molar-refractivity contribution in [3.05, 3.63) is 71.1 Å². The average molecular weight is 441 g/mol. The van der Waals surface area contributed by atoms with Gasteiger partial charge in [0.25, 0.3) is 5.91 Å². The number of nitrogens with two attached hydrogens (primary N) is 1. The van der Waals surface area contributed by atoms with Crippen molar-refractivity contribution >= 4 is 23.5 Å². The Hall–Kier alpha value is -3.30. The highest BCUT2D eigenvalue weighted by Gasteiger charge is 2.38. The molecular weight excluding hydrogens is 416 g/mol. The third-order valence-corrected chi connectivity index (χ3v) is 5.34. The van der Waals surface area contributed by atoms with Crippen LogP contribution in [0.15, 0.2) is 60.0 Å².